The van der Waals surface area contributed by atoms with Gasteiger partial charge in [0.25, 0.3) is 0 Å². The number of H-pyrrole nitrogens is 1. The van der Waals surface area contributed by atoms with Crippen molar-refractivity contribution < 1.29 is 0 Å². The van der Waals surface area contributed by atoms with Gasteiger partial charge in [0.1, 0.15) is 5.82 Å². The fraction of sp³-hybridized carbons (Fsp3) is 0.400. The Balaban J connectivity index is 1.94. The van der Waals surface area contributed by atoms with E-state index in [-0.39, 0.29) is 0 Å². The first-order valence-electron chi connectivity index (χ1n) is 6.48. The molecule has 0 aliphatic heterocycles. The lowest BCUT2D eigenvalue weighted by molar-refractivity contribution is 0.561. The number of aromatic nitrogens is 2. The molecule has 2 N–H and O–H groups in total. The third-order valence-electron chi connectivity index (χ3n) is 3.23. The lowest BCUT2D eigenvalue weighted by Gasteiger charge is -2.14. The first-order chi connectivity index (χ1) is 8.66. The lowest BCUT2D eigenvalue weighted by atomic mass is 10.00. The van der Waals surface area contributed by atoms with Gasteiger partial charge < -0.3 is 10.3 Å². The highest BCUT2D eigenvalue weighted by molar-refractivity contribution is 5.26. The second kappa shape index (κ2) is 5.83. The Kier molecular flexibility index (Phi) is 4.15. The second-order valence-corrected chi connectivity index (χ2v) is 4.96. The van der Waals surface area contributed by atoms with Crippen LogP contribution in [0.4, 0.5) is 0 Å². The third kappa shape index (κ3) is 3.20. The molecular weight excluding hydrogens is 222 g/mol. The molecule has 1 atom stereocenters. The molecule has 1 unspecified atom stereocenters. The summed E-state index contributed by atoms with van der Waals surface area (Å²) in [6.45, 7) is 7.37. The van der Waals surface area contributed by atoms with Crippen LogP contribution in [-0.4, -0.2) is 9.97 Å². The number of benzene rings is 1. The van der Waals surface area contributed by atoms with Crippen LogP contribution in [-0.2, 0) is 6.54 Å². The van der Waals surface area contributed by atoms with E-state index in [0.29, 0.717) is 12.0 Å². The van der Waals surface area contributed by atoms with E-state index in [1.807, 2.05) is 6.20 Å². The molecule has 0 saturated heterocycles. The minimum atomic E-state index is 0.330. The molecule has 0 aliphatic rings. The van der Waals surface area contributed by atoms with Crippen molar-refractivity contribution >= 4 is 0 Å². The largest absolute Gasteiger partial charge is 0.348 e. The Hall–Kier alpha value is -1.61. The topological polar surface area (TPSA) is 40.7 Å². The monoisotopic (exact) mass is 243 g/mol. The maximum atomic E-state index is 4.20. The predicted molar refractivity (Wildman–Crippen MR) is 74.4 cm³/mol. The highest BCUT2D eigenvalue weighted by atomic mass is 15.0. The summed E-state index contributed by atoms with van der Waals surface area (Å²) in [4.78, 5) is 7.30. The van der Waals surface area contributed by atoms with E-state index >= 15 is 0 Å². The molecular formula is C15H21N3. The normalized spacial score (nSPS) is 12.9. The molecule has 1 heterocycles. The molecule has 3 nitrogen and oxygen atoms in total. The van der Waals surface area contributed by atoms with Gasteiger partial charge in [0.05, 0.1) is 6.54 Å². The maximum absolute atomic E-state index is 4.20. The Morgan fingerprint density at radius 2 is 1.78 bits per heavy atom. The van der Waals surface area contributed by atoms with Gasteiger partial charge in [-0.15, -0.1) is 0 Å². The Bertz CT molecular complexity index is 457. The molecule has 2 aromatic rings. The van der Waals surface area contributed by atoms with E-state index in [1.165, 1.54) is 11.1 Å². The van der Waals surface area contributed by atoms with Crippen molar-refractivity contribution in [2.45, 2.75) is 39.3 Å². The Morgan fingerprint density at radius 3 is 2.33 bits per heavy atom. The van der Waals surface area contributed by atoms with E-state index < -0.39 is 0 Å². The van der Waals surface area contributed by atoms with Gasteiger partial charge in [-0.1, -0.05) is 38.1 Å². The van der Waals surface area contributed by atoms with Gasteiger partial charge in [0.2, 0.25) is 0 Å². The quantitative estimate of drug-likeness (QED) is 0.845. The van der Waals surface area contributed by atoms with Crippen LogP contribution in [0.5, 0.6) is 0 Å². The zero-order valence-electron chi connectivity index (χ0n) is 11.3. The van der Waals surface area contributed by atoms with Gasteiger partial charge >= 0.3 is 0 Å². The average molecular weight is 243 g/mol. The Morgan fingerprint density at radius 1 is 1.11 bits per heavy atom. The maximum Gasteiger partial charge on any atom is 0.120 e. The van der Waals surface area contributed by atoms with Crippen LogP contribution < -0.4 is 5.32 Å². The van der Waals surface area contributed by atoms with Gasteiger partial charge in [-0.25, -0.2) is 4.98 Å². The van der Waals surface area contributed by atoms with E-state index in [2.05, 4.69) is 60.3 Å². The fourth-order valence-corrected chi connectivity index (χ4v) is 1.93. The van der Waals surface area contributed by atoms with Crippen LogP contribution >= 0.6 is 0 Å². The van der Waals surface area contributed by atoms with Crippen molar-refractivity contribution in [2.24, 2.45) is 0 Å². The minimum absolute atomic E-state index is 0.330. The molecule has 1 aromatic heterocycles. The summed E-state index contributed by atoms with van der Waals surface area (Å²) in [6.07, 6.45) is 3.62. The number of nitrogens with one attached hydrogen (secondary N) is 2. The van der Waals surface area contributed by atoms with E-state index in [4.69, 9.17) is 0 Å². The molecule has 18 heavy (non-hydrogen) atoms. The molecule has 0 aliphatic carbocycles. The van der Waals surface area contributed by atoms with Crippen LogP contribution in [0.2, 0.25) is 0 Å². The molecule has 0 spiro atoms. The van der Waals surface area contributed by atoms with Crippen molar-refractivity contribution in [1.82, 2.24) is 15.3 Å². The third-order valence-corrected chi connectivity index (χ3v) is 3.23. The molecule has 96 valence electrons. The van der Waals surface area contributed by atoms with E-state index in [9.17, 15) is 0 Å². The number of hydrogen-bond acceptors (Lipinski definition) is 2. The van der Waals surface area contributed by atoms with Gasteiger partial charge in [0, 0.05) is 18.4 Å². The van der Waals surface area contributed by atoms with Crippen LogP contribution in [0.3, 0.4) is 0 Å². The first-order valence-corrected chi connectivity index (χ1v) is 6.48. The standard InChI is InChI=1S/C15H21N3/c1-11(2)13-4-6-14(7-5-13)12(3)18-10-15-16-8-9-17-15/h4-9,11-12,18H,10H2,1-3H3,(H,16,17). The summed E-state index contributed by atoms with van der Waals surface area (Å²) >= 11 is 0. The highest BCUT2D eigenvalue weighted by Gasteiger charge is 2.06. The lowest BCUT2D eigenvalue weighted by Crippen LogP contribution is -2.18. The van der Waals surface area contributed by atoms with Gasteiger partial charge in [-0.3, -0.25) is 0 Å². The molecule has 1 aromatic carbocycles. The van der Waals surface area contributed by atoms with Gasteiger partial charge in [-0.2, -0.15) is 0 Å². The first kappa shape index (κ1) is 12.8. The summed E-state index contributed by atoms with van der Waals surface area (Å²) in [5.41, 5.74) is 2.70. The number of nitrogens with zero attached hydrogens (tertiary/aromatic N) is 1. The minimum Gasteiger partial charge on any atom is -0.348 e. The van der Waals surface area contributed by atoms with E-state index in [1.54, 1.807) is 6.20 Å². The average Bonchev–Trinajstić information content (AvgIpc) is 2.89. The molecule has 3 heteroatoms. The molecule has 0 saturated carbocycles. The second-order valence-electron chi connectivity index (χ2n) is 4.96. The molecule has 0 radical (unpaired) electrons. The number of rotatable bonds is 5. The van der Waals surface area contributed by atoms with E-state index in [0.717, 1.165) is 12.4 Å². The van der Waals surface area contributed by atoms with Crippen molar-refractivity contribution in [1.29, 1.82) is 0 Å². The zero-order chi connectivity index (χ0) is 13.0. The number of imidazole rings is 1. The molecule has 0 fully saturated rings. The van der Waals surface area contributed by atoms with Crippen LogP contribution in [0.1, 0.15) is 49.7 Å². The van der Waals surface area contributed by atoms with Crippen LogP contribution in [0.25, 0.3) is 0 Å². The smallest absolute Gasteiger partial charge is 0.120 e. The molecule has 0 bridgehead atoms. The SMILES string of the molecule is CC(C)c1ccc(C(C)NCc2ncc[nH]2)cc1. The summed E-state index contributed by atoms with van der Waals surface area (Å²) in [7, 11) is 0. The van der Waals surface area contributed by atoms with Crippen LogP contribution in [0, 0.1) is 0 Å². The highest BCUT2D eigenvalue weighted by Crippen LogP contribution is 2.18. The number of hydrogen-bond donors (Lipinski definition) is 2. The zero-order valence-corrected chi connectivity index (χ0v) is 11.3. The summed E-state index contributed by atoms with van der Waals surface area (Å²) in [5, 5.41) is 3.46. The van der Waals surface area contributed by atoms with Crippen molar-refractivity contribution in [3.8, 4) is 0 Å². The van der Waals surface area contributed by atoms with Crippen molar-refractivity contribution in [3.05, 3.63) is 53.6 Å². The summed E-state index contributed by atoms with van der Waals surface area (Å²) in [6, 6.07) is 9.16. The summed E-state index contributed by atoms with van der Waals surface area (Å²) in [5.74, 6) is 1.56. The van der Waals surface area contributed by atoms with Gasteiger partial charge in [0.15, 0.2) is 0 Å². The molecule has 2 rings (SSSR count). The van der Waals surface area contributed by atoms with Crippen molar-refractivity contribution in [2.75, 3.05) is 0 Å². The number of aromatic amines is 1. The summed E-state index contributed by atoms with van der Waals surface area (Å²) < 4.78 is 0. The predicted octanol–water partition coefficient (Wildman–Crippen LogP) is 3.38. The Labute approximate surface area is 109 Å². The van der Waals surface area contributed by atoms with Crippen LogP contribution in [0.15, 0.2) is 36.7 Å². The fourth-order valence-electron chi connectivity index (χ4n) is 1.93. The van der Waals surface area contributed by atoms with Crippen molar-refractivity contribution in [3.63, 3.8) is 0 Å². The van der Waals surface area contributed by atoms with Gasteiger partial charge in [-0.05, 0) is 24.0 Å². The molecule has 0 amide bonds.